The first-order valence-electron chi connectivity index (χ1n) is 7.21. The van der Waals surface area contributed by atoms with Crippen molar-refractivity contribution in [1.29, 1.82) is 0 Å². The van der Waals surface area contributed by atoms with Crippen molar-refractivity contribution in [3.8, 4) is 0 Å². The standard InChI is InChI=1S/C14H26N2S/c1-11-10-12(2)17-14(16-11)15-9-8-13-6-4-3-5-7-13/h11-13H,3-10H2,1-2H3,(H,15,16). The molecular formula is C14H26N2S. The van der Waals surface area contributed by atoms with Gasteiger partial charge in [-0.25, -0.2) is 0 Å². The fraction of sp³-hybridized carbons (Fsp3) is 0.929. The van der Waals surface area contributed by atoms with Gasteiger partial charge < -0.3 is 5.32 Å². The highest BCUT2D eigenvalue weighted by atomic mass is 32.2. The van der Waals surface area contributed by atoms with Crippen LogP contribution in [0, 0.1) is 5.92 Å². The summed E-state index contributed by atoms with van der Waals surface area (Å²) in [4.78, 5) is 4.75. The molecule has 2 nitrogen and oxygen atoms in total. The SMILES string of the molecule is CC1CC(C)SC(=NCCC2CCCCC2)N1. The smallest absolute Gasteiger partial charge is 0.157 e. The lowest BCUT2D eigenvalue weighted by Gasteiger charge is -2.27. The van der Waals surface area contributed by atoms with Crippen molar-refractivity contribution in [3.05, 3.63) is 0 Å². The molecule has 0 aromatic rings. The molecular weight excluding hydrogens is 228 g/mol. The van der Waals surface area contributed by atoms with Crippen molar-refractivity contribution in [2.24, 2.45) is 10.9 Å². The van der Waals surface area contributed by atoms with Gasteiger partial charge in [0.2, 0.25) is 0 Å². The Kier molecular flexibility index (Phi) is 5.20. The number of amidine groups is 1. The van der Waals surface area contributed by atoms with Crippen molar-refractivity contribution >= 4 is 16.9 Å². The third-order valence-corrected chi connectivity index (χ3v) is 4.95. The van der Waals surface area contributed by atoms with Crippen LogP contribution in [-0.4, -0.2) is 23.0 Å². The van der Waals surface area contributed by atoms with E-state index in [1.54, 1.807) is 0 Å². The van der Waals surface area contributed by atoms with Gasteiger partial charge in [-0.15, -0.1) is 0 Å². The Hall–Kier alpha value is -0.180. The topological polar surface area (TPSA) is 24.4 Å². The van der Waals surface area contributed by atoms with Crippen molar-refractivity contribution in [3.63, 3.8) is 0 Å². The van der Waals surface area contributed by atoms with Crippen LogP contribution in [-0.2, 0) is 0 Å². The van der Waals surface area contributed by atoms with Crippen LogP contribution < -0.4 is 5.32 Å². The summed E-state index contributed by atoms with van der Waals surface area (Å²) < 4.78 is 0. The summed E-state index contributed by atoms with van der Waals surface area (Å²) in [6, 6.07) is 0.597. The van der Waals surface area contributed by atoms with Gasteiger partial charge in [-0.05, 0) is 25.7 Å². The van der Waals surface area contributed by atoms with Crippen LogP contribution in [0.4, 0.5) is 0 Å². The molecule has 1 saturated heterocycles. The molecule has 98 valence electrons. The maximum atomic E-state index is 4.75. The average Bonchev–Trinajstić information content (AvgIpc) is 2.29. The fourth-order valence-corrected chi connectivity index (χ4v) is 4.15. The molecule has 2 fully saturated rings. The zero-order chi connectivity index (χ0) is 12.1. The van der Waals surface area contributed by atoms with E-state index in [1.165, 1.54) is 50.1 Å². The second-order valence-electron chi connectivity index (χ2n) is 5.69. The molecule has 1 saturated carbocycles. The third-order valence-electron chi connectivity index (χ3n) is 3.89. The molecule has 1 aliphatic carbocycles. The van der Waals surface area contributed by atoms with Crippen LogP contribution in [0.5, 0.6) is 0 Å². The number of hydrogen-bond donors (Lipinski definition) is 1. The molecule has 1 heterocycles. The Bertz CT molecular complexity index is 247. The van der Waals surface area contributed by atoms with Gasteiger partial charge in [0.05, 0.1) is 0 Å². The van der Waals surface area contributed by atoms with E-state index in [4.69, 9.17) is 4.99 Å². The Morgan fingerprint density at radius 1 is 1.24 bits per heavy atom. The van der Waals surface area contributed by atoms with E-state index in [1.807, 2.05) is 11.8 Å². The number of nitrogens with one attached hydrogen (secondary N) is 1. The largest absolute Gasteiger partial charge is 0.362 e. The predicted octanol–water partition coefficient (Wildman–Crippen LogP) is 3.82. The van der Waals surface area contributed by atoms with Crippen LogP contribution in [0.15, 0.2) is 4.99 Å². The lowest BCUT2D eigenvalue weighted by atomic mass is 9.87. The van der Waals surface area contributed by atoms with E-state index in [-0.39, 0.29) is 0 Å². The quantitative estimate of drug-likeness (QED) is 0.828. The summed E-state index contributed by atoms with van der Waals surface area (Å²) in [5.41, 5.74) is 0. The normalized spacial score (nSPS) is 33.6. The minimum absolute atomic E-state index is 0.597. The molecule has 2 unspecified atom stereocenters. The van der Waals surface area contributed by atoms with Gasteiger partial charge >= 0.3 is 0 Å². The van der Waals surface area contributed by atoms with Gasteiger partial charge in [0, 0.05) is 17.8 Å². The van der Waals surface area contributed by atoms with E-state index in [0.717, 1.165) is 17.7 Å². The Balaban J connectivity index is 1.71. The van der Waals surface area contributed by atoms with E-state index >= 15 is 0 Å². The van der Waals surface area contributed by atoms with E-state index in [0.29, 0.717) is 6.04 Å². The summed E-state index contributed by atoms with van der Waals surface area (Å²) >= 11 is 1.92. The first-order chi connectivity index (χ1) is 8.24. The Morgan fingerprint density at radius 2 is 2.00 bits per heavy atom. The average molecular weight is 254 g/mol. The maximum Gasteiger partial charge on any atom is 0.157 e. The number of hydrogen-bond acceptors (Lipinski definition) is 2. The summed E-state index contributed by atoms with van der Waals surface area (Å²) in [5, 5.41) is 5.41. The molecule has 17 heavy (non-hydrogen) atoms. The molecule has 3 heteroatoms. The predicted molar refractivity (Wildman–Crippen MR) is 77.8 cm³/mol. The zero-order valence-corrected chi connectivity index (χ0v) is 12.1. The highest BCUT2D eigenvalue weighted by Crippen LogP contribution is 2.27. The monoisotopic (exact) mass is 254 g/mol. The molecule has 2 rings (SSSR count). The highest BCUT2D eigenvalue weighted by molar-refractivity contribution is 8.14. The second-order valence-corrected chi connectivity index (χ2v) is 7.12. The van der Waals surface area contributed by atoms with Gasteiger partial charge in [-0.1, -0.05) is 50.8 Å². The van der Waals surface area contributed by atoms with Gasteiger partial charge in [-0.3, -0.25) is 4.99 Å². The van der Waals surface area contributed by atoms with Gasteiger partial charge in [0.25, 0.3) is 0 Å². The summed E-state index contributed by atoms with van der Waals surface area (Å²) in [5.74, 6) is 0.955. The first-order valence-corrected chi connectivity index (χ1v) is 8.09. The second kappa shape index (κ2) is 6.67. The van der Waals surface area contributed by atoms with E-state index in [9.17, 15) is 0 Å². The molecule has 0 radical (unpaired) electrons. The number of nitrogens with zero attached hydrogens (tertiary/aromatic N) is 1. The summed E-state index contributed by atoms with van der Waals surface area (Å²) in [6.07, 6.45) is 9.79. The Morgan fingerprint density at radius 3 is 2.71 bits per heavy atom. The Labute approximate surface area is 110 Å². The van der Waals surface area contributed by atoms with Crippen LogP contribution in [0.1, 0.15) is 58.8 Å². The summed E-state index contributed by atoms with van der Waals surface area (Å²) in [6.45, 7) is 5.59. The molecule has 0 spiro atoms. The van der Waals surface area contributed by atoms with Gasteiger partial charge in [-0.2, -0.15) is 0 Å². The van der Waals surface area contributed by atoms with Gasteiger partial charge in [0.15, 0.2) is 5.17 Å². The molecule has 2 atom stereocenters. The van der Waals surface area contributed by atoms with E-state index < -0.39 is 0 Å². The molecule has 1 aliphatic heterocycles. The number of rotatable bonds is 3. The van der Waals surface area contributed by atoms with Crippen molar-refractivity contribution in [2.45, 2.75) is 70.1 Å². The highest BCUT2D eigenvalue weighted by Gasteiger charge is 2.19. The van der Waals surface area contributed by atoms with E-state index in [2.05, 4.69) is 19.2 Å². The molecule has 0 amide bonds. The minimum atomic E-state index is 0.597. The van der Waals surface area contributed by atoms with Crippen molar-refractivity contribution in [1.82, 2.24) is 5.32 Å². The van der Waals surface area contributed by atoms with Crippen LogP contribution in [0.2, 0.25) is 0 Å². The van der Waals surface area contributed by atoms with Crippen molar-refractivity contribution in [2.75, 3.05) is 6.54 Å². The van der Waals surface area contributed by atoms with Crippen LogP contribution in [0.3, 0.4) is 0 Å². The molecule has 0 aromatic heterocycles. The zero-order valence-electron chi connectivity index (χ0n) is 11.2. The molecule has 2 aliphatic rings. The van der Waals surface area contributed by atoms with Crippen LogP contribution >= 0.6 is 11.8 Å². The summed E-state index contributed by atoms with van der Waals surface area (Å²) in [7, 11) is 0. The van der Waals surface area contributed by atoms with Crippen LogP contribution in [0.25, 0.3) is 0 Å². The molecule has 0 aromatic carbocycles. The first kappa shape index (κ1) is 13.3. The van der Waals surface area contributed by atoms with Crippen molar-refractivity contribution < 1.29 is 0 Å². The minimum Gasteiger partial charge on any atom is -0.362 e. The number of thioether (sulfide) groups is 1. The number of aliphatic imine (C=N–C) groups is 1. The third kappa shape index (κ3) is 4.53. The molecule has 1 N–H and O–H groups in total. The fourth-order valence-electron chi connectivity index (χ4n) is 2.95. The van der Waals surface area contributed by atoms with Gasteiger partial charge in [0.1, 0.15) is 0 Å². The molecule has 0 bridgehead atoms. The maximum absolute atomic E-state index is 4.75. The lowest BCUT2D eigenvalue weighted by Crippen LogP contribution is -2.38. The lowest BCUT2D eigenvalue weighted by molar-refractivity contribution is 0.343.